The second-order valence-electron chi connectivity index (χ2n) is 8.90. The Kier molecular flexibility index (Phi) is 6.05. The van der Waals surface area contributed by atoms with Gasteiger partial charge in [0.15, 0.2) is 0 Å². The van der Waals surface area contributed by atoms with Gasteiger partial charge in [-0.2, -0.15) is 13.2 Å². The van der Waals surface area contributed by atoms with Gasteiger partial charge in [0, 0.05) is 6.04 Å². The van der Waals surface area contributed by atoms with Gasteiger partial charge < -0.3 is 16.0 Å². The van der Waals surface area contributed by atoms with Crippen molar-refractivity contribution < 1.29 is 27.6 Å². The molecule has 4 amide bonds. The fourth-order valence-electron chi connectivity index (χ4n) is 4.89. The van der Waals surface area contributed by atoms with E-state index in [-0.39, 0.29) is 11.7 Å². The van der Waals surface area contributed by atoms with Gasteiger partial charge >= 0.3 is 12.2 Å². The summed E-state index contributed by atoms with van der Waals surface area (Å²) in [4.78, 5) is 38.6. The molecule has 1 aromatic carbocycles. The molecule has 174 valence electrons. The number of imide groups is 1. The Morgan fingerprint density at radius 2 is 1.75 bits per heavy atom. The van der Waals surface area contributed by atoms with Crippen molar-refractivity contribution >= 4 is 29.2 Å². The van der Waals surface area contributed by atoms with E-state index in [9.17, 15) is 27.6 Å². The highest BCUT2D eigenvalue weighted by molar-refractivity contribution is 6.10. The van der Waals surface area contributed by atoms with E-state index < -0.39 is 41.7 Å². The average Bonchev–Trinajstić information content (AvgIpc) is 3.30. The topological polar surface area (TPSA) is 90.5 Å². The number of nitrogens with zero attached hydrogens (tertiary/aromatic N) is 1. The maximum atomic E-state index is 13.3. The van der Waals surface area contributed by atoms with Crippen molar-refractivity contribution in [2.75, 3.05) is 17.2 Å². The van der Waals surface area contributed by atoms with Crippen LogP contribution in [0.15, 0.2) is 18.2 Å². The molecule has 3 N–H and O–H groups in total. The van der Waals surface area contributed by atoms with E-state index in [1.165, 1.54) is 6.07 Å². The average molecular weight is 452 g/mol. The summed E-state index contributed by atoms with van der Waals surface area (Å²) >= 11 is 0. The summed E-state index contributed by atoms with van der Waals surface area (Å²) in [6.45, 7) is -0.550. The van der Waals surface area contributed by atoms with E-state index in [4.69, 9.17) is 0 Å². The lowest BCUT2D eigenvalue weighted by atomic mass is 9.95. The summed E-state index contributed by atoms with van der Waals surface area (Å²) in [6, 6.07) is 2.64. The number of benzene rings is 1. The molecule has 0 radical (unpaired) electrons. The predicted molar refractivity (Wildman–Crippen MR) is 112 cm³/mol. The van der Waals surface area contributed by atoms with Crippen LogP contribution in [0.3, 0.4) is 0 Å². The summed E-state index contributed by atoms with van der Waals surface area (Å²) in [7, 11) is 0. The largest absolute Gasteiger partial charge is 0.416 e. The van der Waals surface area contributed by atoms with Crippen LogP contribution in [0.5, 0.6) is 0 Å². The summed E-state index contributed by atoms with van der Waals surface area (Å²) < 4.78 is 39.8. The molecule has 2 aliphatic carbocycles. The smallest absolute Gasteiger partial charge is 0.381 e. The van der Waals surface area contributed by atoms with Gasteiger partial charge in [-0.05, 0) is 43.9 Å². The number of anilines is 2. The zero-order valence-electron chi connectivity index (χ0n) is 17.7. The molecule has 1 aliphatic heterocycles. The van der Waals surface area contributed by atoms with Crippen LogP contribution in [-0.4, -0.2) is 40.9 Å². The highest BCUT2D eigenvalue weighted by Gasteiger charge is 2.52. The fraction of sp³-hybridized carbons (Fsp3) is 0.591. The molecule has 1 saturated heterocycles. The van der Waals surface area contributed by atoms with Crippen LogP contribution >= 0.6 is 0 Å². The Balaban J connectivity index is 1.50. The molecule has 1 heterocycles. The number of alkyl halides is 3. The maximum Gasteiger partial charge on any atom is 0.416 e. The molecule has 3 fully saturated rings. The van der Waals surface area contributed by atoms with E-state index in [0.29, 0.717) is 18.5 Å². The normalized spacial score (nSPS) is 21.2. The molecule has 0 bridgehead atoms. The Bertz CT molecular complexity index is 906. The van der Waals surface area contributed by atoms with Crippen LogP contribution in [0, 0.1) is 0 Å². The number of carbonyl (C=O) groups excluding carboxylic acids is 3. The molecule has 0 atom stereocenters. The molecular formula is C22H27F3N4O3. The first-order valence-electron chi connectivity index (χ1n) is 11.1. The highest BCUT2D eigenvalue weighted by Crippen LogP contribution is 2.36. The summed E-state index contributed by atoms with van der Waals surface area (Å²) in [6.07, 6.45) is 3.11. The number of urea groups is 1. The molecule has 7 nitrogen and oxygen atoms in total. The third kappa shape index (κ3) is 4.54. The zero-order chi connectivity index (χ0) is 22.9. The van der Waals surface area contributed by atoms with Crippen molar-refractivity contribution in [1.82, 2.24) is 10.2 Å². The van der Waals surface area contributed by atoms with Gasteiger partial charge in [-0.3, -0.25) is 14.5 Å². The Labute approximate surface area is 184 Å². The molecule has 4 rings (SSSR count). The lowest BCUT2D eigenvalue weighted by molar-refractivity contribution is -0.137. The van der Waals surface area contributed by atoms with Gasteiger partial charge in [-0.1, -0.05) is 32.1 Å². The number of hydrogen-bond donors (Lipinski definition) is 3. The maximum absolute atomic E-state index is 13.3. The van der Waals surface area contributed by atoms with E-state index in [1.807, 2.05) is 0 Å². The Hall–Kier alpha value is -2.78. The second-order valence-corrected chi connectivity index (χ2v) is 8.90. The first-order valence-corrected chi connectivity index (χ1v) is 11.1. The minimum Gasteiger partial charge on any atom is -0.381 e. The zero-order valence-corrected chi connectivity index (χ0v) is 17.7. The predicted octanol–water partition coefficient (Wildman–Crippen LogP) is 4.25. The molecule has 1 aromatic rings. The first kappa shape index (κ1) is 22.4. The van der Waals surface area contributed by atoms with Crippen LogP contribution in [0.1, 0.15) is 63.4 Å². The van der Waals surface area contributed by atoms with E-state index in [2.05, 4.69) is 16.0 Å². The SMILES string of the molecule is O=C(CN1C(=O)NC2(CCCC2)C1=O)Nc1cc(C(F)(F)F)ccc1NC1CCCCC1. The number of halogens is 3. The van der Waals surface area contributed by atoms with Crippen LogP contribution in [0.4, 0.5) is 29.3 Å². The van der Waals surface area contributed by atoms with Crippen LogP contribution in [0.25, 0.3) is 0 Å². The van der Waals surface area contributed by atoms with Gasteiger partial charge in [-0.15, -0.1) is 0 Å². The lowest BCUT2D eigenvalue weighted by Crippen LogP contribution is -2.44. The number of rotatable bonds is 5. The van der Waals surface area contributed by atoms with Crippen molar-refractivity contribution in [3.05, 3.63) is 23.8 Å². The standard InChI is InChI=1S/C22H27F3N4O3/c23-22(24,25)14-8-9-16(26-15-6-2-1-3-7-15)17(12-14)27-18(30)13-29-19(31)21(28-20(29)32)10-4-5-11-21/h8-9,12,15,26H,1-7,10-11,13H2,(H,27,30)(H,28,32). The number of carbonyl (C=O) groups is 3. The van der Waals surface area contributed by atoms with Gasteiger partial charge in [-0.25, -0.2) is 4.79 Å². The van der Waals surface area contributed by atoms with Crippen LogP contribution in [0.2, 0.25) is 0 Å². The van der Waals surface area contributed by atoms with Crippen molar-refractivity contribution in [1.29, 1.82) is 0 Å². The Morgan fingerprint density at radius 1 is 1.06 bits per heavy atom. The third-order valence-electron chi connectivity index (χ3n) is 6.59. The summed E-state index contributed by atoms with van der Waals surface area (Å²) in [5.74, 6) is -1.17. The van der Waals surface area contributed by atoms with Gasteiger partial charge in [0.25, 0.3) is 5.91 Å². The number of nitrogens with one attached hydrogen (secondary N) is 3. The molecule has 3 aliphatic rings. The van der Waals surface area contributed by atoms with Crippen molar-refractivity contribution in [2.45, 2.75) is 75.5 Å². The molecule has 0 unspecified atom stereocenters. The quantitative estimate of drug-likeness (QED) is 0.583. The minimum absolute atomic E-state index is 0.0157. The minimum atomic E-state index is -4.57. The molecular weight excluding hydrogens is 425 g/mol. The van der Waals surface area contributed by atoms with Gasteiger partial charge in [0.1, 0.15) is 12.1 Å². The van der Waals surface area contributed by atoms with Crippen LogP contribution in [-0.2, 0) is 15.8 Å². The molecule has 10 heteroatoms. The highest BCUT2D eigenvalue weighted by atomic mass is 19.4. The van der Waals surface area contributed by atoms with Crippen molar-refractivity contribution in [3.63, 3.8) is 0 Å². The van der Waals surface area contributed by atoms with E-state index in [1.54, 1.807) is 0 Å². The second kappa shape index (κ2) is 8.63. The number of amides is 4. The van der Waals surface area contributed by atoms with E-state index in [0.717, 1.165) is 62.0 Å². The monoisotopic (exact) mass is 452 g/mol. The third-order valence-corrected chi connectivity index (χ3v) is 6.59. The molecule has 0 aromatic heterocycles. The molecule has 32 heavy (non-hydrogen) atoms. The lowest BCUT2D eigenvalue weighted by Gasteiger charge is -2.26. The first-order chi connectivity index (χ1) is 15.2. The molecule has 2 saturated carbocycles. The van der Waals surface area contributed by atoms with E-state index >= 15 is 0 Å². The van der Waals surface area contributed by atoms with Crippen molar-refractivity contribution in [2.24, 2.45) is 0 Å². The fourth-order valence-corrected chi connectivity index (χ4v) is 4.89. The van der Waals surface area contributed by atoms with Gasteiger partial charge in [0.2, 0.25) is 5.91 Å². The Morgan fingerprint density at radius 3 is 2.41 bits per heavy atom. The summed E-state index contributed by atoms with van der Waals surface area (Å²) in [5, 5.41) is 8.42. The van der Waals surface area contributed by atoms with Crippen LogP contribution < -0.4 is 16.0 Å². The van der Waals surface area contributed by atoms with Gasteiger partial charge in [0.05, 0.1) is 16.9 Å². The summed E-state index contributed by atoms with van der Waals surface area (Å²) in [5.41, 5.74) is -1.45. The number of hydrogen-bond acceptors (Lipinski definition) is 4. The van der Waals surface area contributed by atoms with Crippen molar-refractivity contribution in [3.8, 4) is 0 Å². The molecule has 1 spiro atoms.